The quantitative estimate of drug-likeness (QED) is 0.784. The van der Waals surface area contributed by atoms with E-state index in [-0.39, 0.29) is 16.8 Å². The molecule has 19 heavy (non-hydrogen) atoms. The van der Waals surface area contributed by atoms with E-state index < -0.39 is 6.36 Å². The normalized spacial score (nSPS) is 11.2. The molecule has 0 N–H and O–H groups in total. The maximum atomic E-state index is 12.0. The Hall–Kier alpha value is -1.95. The lowest BCUT2D eigenvalue weighted by Crippen LogP contribution is -2.16. The highest BCUT2D eigenvalue weighted by Gasteiger charge is 2.30. The highest BCUT2D eigenvalue weighted by Crippen LogP contribution is 2.26. The Morgan fingerprint density at radius 2 is 1.58 bits per heavy atom. The Balaban J connectivity index is 2.07. The number of rotatable bonds is 3. The molecule has 0 aliphatic rings. The fourth-order valence-electron chi connectivity index (χ4n) is 1.28. The summed E-state index contributed by atoms with van der Waals surface area (Å²) in [6.45, 7) is 0. The first-order valence-electron chi connectivity index (χ1n) is 5.09. The van der Waals surface area contributed by atoms with E-state index in [1.54, 1.807) is 18.2 Å². The number of ether oxygens (including phenoxy) is 2. The number of benzene rings is 1. The molecule has 0 saturated carbocycles. The van der Waals surface area contributed by atoms with Crippen molar-refractivity contribution in [2.75, 3.05) is 0 Å². The molecule has 3 nitrogen and oxygen atoms in total. The molecule has 2 rings (SSSR count). The molecule has 100 valence electrons. The molecule has 1 aromatic carbocycles. The number of halogens is 4. The fraction of sp³-hybridized carbons (Fsp3) is 0.0833. The smallest absolute Gasteiger partial charge is 0.439 e. The van der Waals surface area contributed by atoms with Gasteiger partial charge in [0.05, 0.1) is 0 Å². The summed E-state index contributed by atoms with van der Waals surface area (Å²) in [5, 5.41) is 0.259. The predicted molar refractivity (Wildman–Crippen MR) is 62.4 cm³/mol. The van der Waals surface area contributed by atoms with E-state index in [4.69, 9.17) is 16.3 Å². The molecule has 0 radical (unpaired) electrons. The maximum Gasteiger partial charge on any atom is 0.573 e. The van der Waals surface area contributed by atoms with Crippen LogP contribution >= 0.6 is 11.6 Å². The molecule has 1 aromatic heterocycles. The second kappa shape index (κ2) is 5.36. The van der Waals surface area contributed by atoms with Crippen LogP contribution in [0, 0.1) is 0 Å². The van der Waals surface area contributed by atoms with Crippen LogP contribution in [0.15, 0.2) is 42.5 Å². The van der Waals surface area contributed by atoms with Gasteiger partial charge in [0, 0.05) is 6.07 Å². The third-order valence-electron chi connectivity index (χ3n) is 1.97. The predicted octanol–water partition coefficient (Wildman–Crippen LogP) is 4.43. The van der Waals surface area contributed by atoms with E-state index in [2.05, 4.69) is 9.72 Å². The number of hydrogen-bond acceptors (Lipinski definition) is 3. The van der Waals surface area contributed by atoms with Crippen molar-refractivity contribution in [2.24, 2.45) is 0 Å². The summed E-state index contributed by atoms with van der Waals surface area (Å²) >= 11 is 5.67. The minimum atomic E-state index is -4.71. The Morgan fingerprint density at radius 1 is 0.947 bits per heavy atom. The summed E-state index contributed by atoms with van der Waals surface area (Å²) in [6, 6.07) is 9.76. The molecule has 0 bridgehead atoms. The van der Waals surface area contributed by atoms with E-state index in [9.17, 15) is 13.2 Å². The van der Waals surface area contributed by atoms with E-state index in [1.807, 2.05) is 0 Å². The van der Waals surface area contributed by atoms with Crippen LogP contribution in [0.5, 0.6) is 17.4 Å². The summed E-state index contributed by atoms with van der Waals surface area (Å²) in [6.07, 6.45) is -4.71. The molecule has 0 atom stereocenters. The van der Waals surface area contributed by atoms with Gasteiger partial charge < -0.3 is 9.47 Å². The Bertz CT molecular complexity index is 558. The van der Waals surface area contributed by atoms with Crippen molar-refractivity contribution in [1.82, 2.24) is 4.98 Å². The van der Waals surface area contributed by atoms with Crippen LogP contribution in [-0.4, -0.2) is 11.3 Å². The van der Waals surface area contributed by atoms with E-state index in [0.717, 1.165) is 12.1 Å². The molecule has 1 heterocycles. The number of aromatic nitrogens is 1. The number of alkyl halides is 3. The third kappa shape index (κ3) is 4.33. The van der Waals surface area contributed by atoms with Gasteiger partial charge in [-0.1, -0.05) is 17.7 Å². The van der Waals surface area contributed by atoms with Crippen LogP contribution in [0.1, 0.15) is 0 Å². The van der Waals surface area contributed by atoms with Crippen LogP contribution < -0.4 is 9.47 Å². The SMILES string of the molecule is FC(F)(F)Oc1ccc(Oc2cccc(Cl)n2)cc1. The van der Waals surface area contributed by atoms with Gasteiger partial charge in [-0.3, -0.25) is 0 Å². The molecule has 0 aliphatic heterocycles. The van der Waals surface area contributed by atoms with Gasteiger partial charge in [0.2, 0.25) is 5.88 Å². The minimum Gasteiger partial charge on any atom is -0.439 e. The van der Waals surface area contributed by atoms with Gasteiger partial charge >= 0.3 is 6.36 Å². The largest absolute Gasteiger partial charge is 0.573 e. The monoisotopic (exact) mass is 289 g/mol. The topological polar surface area (TPSA) is 31.4 Å². The highest BCUT2D eigenvalue weighted by molar-refractivity contribution is 6.29. The van der Waals surface area contributed by atoms with Crippen LogP contribution in [0.2, 0.25) is 5.15 Å². The van der Waals surface area contributed by atoms with Gasteiger partial charge in [0.25, 0.3) is 0 Å². The van der Waals surface area contributed by atoms with Gasteiger partial charge in [-0.25, -0.2) is 4.98 Å². The Labute approximate surface area is 111 Å². The average molecular weight is 290 g/mol. The number of pyridine rings is 1. The molecule has 0 unspecified atom stereocenters. The second-order valence-corrected chi connectivity index (χ2v) is 3.81. The summed E-state index contributed by atoms with van der Waals surface area (Å²) in [5.41, 5.74) is 0. The van der Waals surface area contributed by atoms with Gasteiger partial charge in [-0.05, 0) is 30.3 Å². The van der Waals surface area contributed by atoms with Crippen molar-refractivity contribution in [2.45, 2.75) is 6.36 Å². The van der Waals surface area contributed by atoms with Gasteiger partial charge in [-0.15, -0.1) is 13.2 Å². The molecule has 0 amide bonds. The molecule has 2 aromatic rings. The van der Waals surface area contributed by atoms with E-state index in [0.29, 0.717) is 5.75 Å². The van der Waals surface area contributed by atoms with Gasteiger partial charge in [0.1, 0.15) is 16.7 Å². The molecule has 0 aliphatic carbocycles. The van der Waals surface area contributed by atoms with Crippen molar-refractivity contribution >= 4 is 11.6 Å². The van der Waals surface area contributed by atoms with Crippen molar-refractivity contribution in [3.8, 4) is 17.4 Å². The summed E-state index contributed by atoms with van der Waals surface area (Å²) in [5.74, 6) is 0.250. The fourth-order valence-corrected chi connectivity index (χ4v) is 1.43. The average Bonchev–Trinajstić information content (AvgIpc) is 2.30. The lowest BCUT2D eigenvalue weighted by molar-refractivity contribution is -0.274. The summed E-state index contributed by atoms with van der Waals surface area (Å²) in [7, 11) is 0. The summed E-state index contributed by atoms with van der Waals surface area (Å²) in [4.78, 5) is 3.88. The molecule has 7 heteroatoms. The highest BCUT2D eigenvalue weighted by atomic mass is 35.5. The lowest BCUT2D eigenvalue weighted by Gasteiger charge is -2.09. The zero-order chi connectivity index (χ0) is 13.9. The zero-order valence-electron chi connectivity index (χ0n) is 9.32. The van der Waals surface area contributed by atoms with Crippen LogP contribution in [0.25, 0.3) is 0 Å². The third-order valence-corrected chi connectivity index (χ3v) is 2.18. The number of hydrogen-bond donors (Lipinski definition) is 0. The van der Waals surface area contributed by atoms with Crippen molar-refractivity contribution in [3.63, 3.8) is 0 Å². The molecular weight excluding hydrogens is 283 g/mol. The van der Waals surface area contributed by atoms with Crippen molar-refractivity contribution in [3.05, 3.63) is 47.6 Å². The molecular formula is C12H7ClF3NO2. The number of nitrogens with zero attached hydrogens (tertiary/aromatic N) is 1. The molecule has 0 spiro atoms. The zero-order valence-corrected chi connectivity index (χ0v) is 10.1. The van der Waals surface area contributed by atoms with E-state index in [1.165, 1.54) is 12.1 Å². The Morgan fingerprint density at radius 3 is 2.16 bits per heavy atom. The second-order valence-electron chi connectivity index (χ2n) is 3.42. The first kappa shape index (κ1) is 13.5. The van der Waals surface area contributed by atoms with E-state index >= 15 is 0 Å². The maximum absolute atomic E-state index is 12.0. The first-order chi connectivity index (χ1) is 8.92. The minimum absolute atomic E-state index is 0.247. The van der Waals surface area contributed by atoms with Crippen LogP contribution in [0.3, 0.4) is 0 Å². The molecule has 0 fully saturated rings. The van der Waals surface area contributed by atoms with Crippen molar-refractivity contribution < 1.29 is 22.6 Å². The van der Waals surface area contributed by atoms with Gasteiger partial charge in [0.15, 0.2) is 0 Å². The summed E-state index contributed by atoms with van der Waals surface area (Å²) < 4.78 is 44.9. The molecule has 0 saturated heterocycles. The Kier molecular flexibility index (Phi) is 3.80. The van der Waals surface area contributed by atoms with Gasteiger partial charge in [-0.2, -0.15) is 0 Å². The van der Waals surface area contributed by atoms with Crippen molar-refractivity contribution in [1.29, 1.82) is 0 Å². The standard InChI is InChI=1S/C12H7ClF3NO2/c13-10-2-1-3-11(17-10)18-8-4-6-9(7-5-8)19-12(14,15)16/h1-7H. The van der Waals surface area contributed by atoms with Crippen LogP contribution in [-0.2, 0) is 0 Å². The first-order valence-corrected chi connectivity index (χ1v) is 5.46. The van der Waals surface area contributed by atoms with Crippen LogP contribution in [0.4, 0.5) is 13.2 Å². The lowest BCUT2D eigenvalue weighted by atomic mass is 10.3.